The van der Waals surface area contributed by atoms with Crippen molar-refractivity contribution in [1.29, 1.82) is 0 Å². The minimum atomic E-state index is -0.218. The van der Waals surface area contributed by atoms with Crippen LogP contribution in [0.15, 0.2) is 71.2 Å². The van der Waals surface area contributed by atoms with Crippen LogP contribution in [0.25, 0.3) is 0 Å². The van der Waals surface area contributed by atoms with E-state index in [1.54, 1.807) is 18.2 Å². The molecule has 0 radical (unpaired) electrons. The van der Waals surface area contributed by atoms with E-state index in [0.29, 0.717) is 29.3 Å². The Labute approximate surface area is 203 Å². The first-order valence-electron chi connectivity index (χ1n) is 11.2. The largest absolute Gasteiger partial charge is 0.366 e. The van der Waals surface area contributed by atoms with Crippen LogP contribution in [0.1, 0.15) is 45.7 Å². The molecule has 170 valence electrons. The number of anilines is 2. The van der Waals surface area contributed by atoms with Gasteiger partial charge in [0, 0.05) is 41.0 Å². The zero-order valence-corrected chi connectivity index (χ0v) is 20.5. The van der Waals surface area contributed by atoms with Gasteiger partial charge < -0.3 is 15.5 Å². The van der Waals surface area contributed by atoms with E-state index >= 15 is 0 Å². The Balaban J connectivity index is 1.62. The van der Waals surface area contributed by atoms with E-state index in [-0.39, 0.29) is 11.8 Å². The predicted octanol–water partition coefficient (Wildman–Crippen LogP) is 5.65. The van der Waals surface area contributed by atoms with Crippen LogP contribution in [0.2, 0.25) is 0 Å². The number of carbonyl (C=O) groups excluding carboxylic acids is 2. The normalized spacial score (nSPS) is 12.9. The van der Waals surface area contributed by atoms with Gasteiger partial charge in [-0.05, 0) is 59.9 Å². The molecule has 2 amide bonds. The molecule has 6 heteroatoms. The van der Waals surface area contributed by atoms with E-state index in [9.17, 15) is 9.59 Å². The van der Waals surface area contributed by atoms with Gasteiger partial charge in [0.1, 0.15) is 0 Å². The molecule has 1 aliphatic heterocycles. The number of rotatable bonds is 6. The molecule has 0 saturated carbocycles. The van der Waals surface area contributed by atoms with Crippen LogP contribution < -0.4 is 15.5 Å². The lowest BCUT2D eigenvalue weighted by molar-refractivity contribution is 0.0948. The molecule has 2 N–H and O–H groups in total. The molecular formula is C27H28BrN3O2. The summed E-state index contributed by atoms with van der Waals surface area (Å²) < 4.78 is 0.838. The van der Waals surface area contributed by atoms with Gasteiger partial charge in [0.05, 0.1) is 5.56 Å². The molecule has 0 spiro atoms. The second-order valence-corrected chi connectivity index (χ2v) is 9.66. The van der Waals surface area contributed by atoms with E-state index in [2.05, 4.69) is 69.6 Å². The molecule has 1 heterocycles. The van der Waals surface area contributed by atoms with Crippen LogP contribution in [-0.2, 0) is 13.0 Å². The number of hydrogen-bond acceptors (Lipinski definition) is 3. The van der Waals surface area contributed by atoms with Crippen molar-refractivity contribution in [3.8, 4) is 0 Å². The summed E-state index contributed by atoms with van der Waals surface area (Å²) in [5.41, 5.74) is 5.23. The highest BCUT2D eigenvalue weighted by Crippen LogP contribution is 2.30. The third-order valence-corrected chi connectivity index (χ3v) is 6.22. The van der Waals surface area contributed by atoms with E-state index in [4.69, 9.17) is 0 Å². The van der Waals surface area contributed by atoms with Crippen molar-refractivity contribution < 1.29 is 9.59 Å². The minimum absolute atomic E-state index is 0.129. The SMILES string of the molecule is CC(C)CNC(=O)c1cc(NC(=O)c2cccc(Br)c2)ccc1N1CCc2ccccc2C1. The Bertz CT molecular complexity index is 1180. The first kappa shape index (κ1) is 23.1. The number of amides is 2. The standard InChI is InChI=1S/C27H28BrN3O2/c1-18(2)16-29-27(33)24-15-23(30-26(32)20-8-5-9-22(28)14-20)10-11-25(24)31-13-12-19-6-3-4-7-21(19)17-31/h3-11,14-15,18H,12-13,16-17H2,1-2H3,(H,29,33)(H,30,32). The molecule has 0 unspecified atom stereocenters. The molecule has 0 aliphatic carbocycles. The molecule has 1 aliphatic rings. The van der Waals surface area contributed by atoms with Gasteiger partial charge in [0.25, 0.3) is 11.8 Å². The maximum absolute atomic E-state index is 13.2. The topological polar surface area (TPSA) is 61.4 Å². The number of halogens is 1. The summed E-state index contributed by atoms with van der Waals surface area (Å²) in [6, 6.07) is 21.2. The molecule has 0 saturated heterocycles. The number of carbonyl (C=O) groups is 2. The van der Waals surface area contributed by atoms with E-state index in [0.717, 1.165) is 29.7 Å². The minimum Gasteiger partial charge on any atom is -0.366 e. The fourth-order valence-corrected chi connectivity index (χ4v) is 4.40. The number of nitrogens with zero attached hydrogens (tertiary/aromatic N) is 1. The number of fused-ring (bicyclic) bond motifs is 1. The van der Waals surface area contributed by atoms with E-state index < -0.39 is 0 Å². The van der Waals surface area contributed by atoms with Gasteiger partial charge in [-0.15, -0.1) is 0 Å². The Kier molecular flexibility index (Phi) is 7.14. The van der Waals surface area contributed by atoms with E-state index in [1.807, 2.05) is 24.3 Å². The van der Waals surface area contributed by atoms with Gasteiger partial charge >= 0.3 is 0 Å². The fraction of sp³-hybridized carbons (Fsp3) is 0.259. The maximum Gasteiger partial charge on any atom is 0.255 e. The molecule has 0 aromatic heterocycles. The Morgan fingerprint density at radius 3 is 2.52 bits per heavy atom. The number of benzene rings is 3. The predicted molar refractivity (Wildman–Crippen MR) is 137 cm³/mol. The van der Waals surface area contributed by atoms with Gasteiger partial charge in [-0.2, -0.15) is 0 Å². The van der Waals surface area contributed by atoms with Crippen molar-refractivity contribution in [3.63, 3.8) is 0 Å². The van der Waals surface area contributed by atoms with Crippen LogP contribution in [0.3, 0.4) is 0 Å². The first-order valence-corrected chi connectivity index (χ1v) is 12.0. The summed E-state index contributed by atoms with van der Waals surface area (Å²) in [6.07, 6.45) is 0.935. The van der Waals surface area contributed by atoms with Crippen LogP contribution >= 0.6 is 15.9 Å². The van der Waals surface area contributed by atoms with E-state index in [1.165, 1.54) is 11.1 Å². The first-order chi connectivity index (χ1) is 15.9. The highest BCUT2D eigenvalue weighted by molar-refractivity contribution is 9.10. The van der Waals surface area contributed by atoms with Gasteiger partial charge in [-0.1, -0.05) is 60.1 Å². The van der Waals surface area contributed by atoms with Crippen LogP contribution in [0.5, 0.6) is 0 Å². The van der Waals surface area contributed by atoms with Crippen molar-refractivity contribution in [2.75, 3.05) is 23.3 Å². The fourth-order valence-electron chi connectivity index (χ4n) is 4.00. The molecule has 5 nitrogen and oxygen atoms in total. The maximum atomic E-state index is 13.2. The van der Waals surface area contributed by atoms with Gasteiger partial charge in [-0.25, -0.2) is 0 Å². The number of hydrogen-bond donors (Lipinski definition) is 2. The number of nitrogens with one attached hydrogen (secondary N) is 2. The molecule has 3 aromatic rings. The molecular weight excluding hydrogens is 478 g/mol. The molecule has 3 aromatic carbocycles. The van der Waals surface area contributed by atoms with Crippen LogP contribution in [0, 0.1) is 5.92 Å². The average Bonchev–Trinajstić information content (AvgIpc) is 2.82. The average molecular weight is 506 g/mol. The van der Waals surface area contributed by atoms with Crippen molar-refractivity contribution in [1.82, 2.24) is 5.32 Å². The molecule has 0 fully saturated rings. The summed E-state index contributed by atoms with van der Waals surface area (Å²) in [6.45, 7) is 6.32. The quantitative estimate of drug-likeness (QED) is 0.454. The summed E-state index contributed by atoms with van der Waals surface area (Å²) in [5.74, 6) is -0.000668. The third kappa shape index (κ3) is 5.63. The zero-order valence-electron chi connectivity index (χ0n) is 18.9. The van der Waals surface area contributed by atoms with Gasteiger partial charge in [-0.3, -0.25) is 9.59 Å². The van der Waals surface area contributed by atoms with Crippen molar-refractivity contribution in [2.24, 2.45) is 5.92 Å². The zero-order chi connectivity index (χ0) is 23.4. The Morgan fingerprint density at radius 2 is 1.76 bits per heavy atom. The summed E-state index contributed by atoms with van der Waals surface area (Å²) in [7, 11) is 0. The Hall–Kier alpha value is -3.12. The summed E-state index contributed by atoms with van der Waals surface area (Å²) in [5, 5.41) is 5.97. The summed E-state index contributed by atoms with van der Waals surface area (Å²) in [4.78, 5) is 28.1. The highest BCUT2D eigenvalue weighted by atomic mass is 79.9. The molecule has 0 bridgehead atoms. The van der Waals surface area contributed by atoms with Gasteiger partial charge in [0.15, 0.2) is 0 Å². The van der Waals surface area contributed by atoms with Crippen molar-refractivity contribution in [2.45, 2.75) is 26.8 Å². The molecule has 4 rings (SSSR count). The van der Waals surface area contributed by atoms with Crippen LogP contribution in [-0.4, -0.2) is 24.9 Å². The second-order valence-electron chi connectivity index (χ2n) is 8.74. The molecule has 33 heavy (non-hydrogen) atoms. The monoisotopic (exact) mass is 505 g/mol. The second kappa shape index (κ2) is 10.2. The smallest absolute Gasteiger partial charge is 0.255 e. The lowest BCUT2D eigenvalue weighted by Gasteiger charge is -2.32. The highest BCUT2D eigenvalue weighted by Gasteiger charge is 2.22. The van der Waals surface area contributed by atoms with Crippen molar-refractivity contribution in [3.05, 3.63) is 93.5 Å². The van der Waals surface area contributed by atoms with Crippen LogP contribution in [0.4, 0.5) is 11.4 Å². The third-order valence-electron chi connectivity index (χ3n) is 5.73. The lowest BCUT2D eigenvalue weighted by atomic mass is 9.98. The summed E-state index contributed by atoms with van der Waals surface area (Å²) >= 11 is 3.40. The van der Waals surface area contributed by atoms with Gasteiger partial charge in [0.2, 0.25) is 0 Å². The Morgan fingerprint density at radius 1 is 0.970 bits per heavy atom. The van der Waals surface area contributed by atoms with Crippen molar-refractivity contribution >= 4 is 39.1 Å². The lowest BCUT2D eigenvalue weighted by Crippen LogP contribution is -2.34. The molecule has 0 atom stereocenters.